The molecule has 0 radical (unpaired) electrons. The van der Waals surface area contributed by atoms with Crippen LogP contribution in [-0.2, 0) is 11.2 Å². The van der Waals surface area contributed by atoms with Crippen LogP contribution in [0.3, 0.4) is 0 Å². The second-order valence-corrected chi connectivity index (χ2v) is 9.56. The molecule has 3 aromatic carbocycles. The molecule has 1 aliphatic heterocycles. The summed E-state index contributed by atoms with van der Waals surface area (Å²) in [6.07, 6.45) is 0.414. The quantitative estimate of drug-likeness (QED) is 0.412. The van der Waals surface area contributed by atoms with E-state index in [1.165, 1.54) is 5.39 Å². The van der Waals surface area contributed by atoms with Crippen molar-refractivity contribution in [3.05, 3.63) is 66.2 Å². The third kappa shape index (κ3) is 5.16. The van der Waals surface area contributed by atoms with Crippen molar-refractivity contribution in [3.8, 4) is 5.75 Å². The number of fused-ring (bicyclic) bond motifs is 2. The van der Waals surface area contributed by atoms with Crippen LogP contribution in [0.5, 0.6) is 5.75 Å². The van der Waals surface area contributed by atoms with Crippen LogP contribution in [0, 0.1) is 0 Å². The molecule has 2 heterocycles. The van der Waals surface area contributed by atoms with Crippen molar-refractivity contribution in [2.24, 2.45) is 0 Å². The predicted molar refractivity (Wildman–Crippen MR) is 140 cm³/mol. The van der Waals surface area contributed by atoms with Crippen LogP contribution in [-0.4, -0.2) is 61.7 Å². The molecule has 0 spiro atoms. The van der Waals surface area contributed by atoms with Crippen LogP contribution in [0.4, 0.5) is 5.13 Å². The van der Waals surface area contributed by atoms with E-state index in [-0.39, 0.29) is 5.91 Å². The third-order valence-corrected chi connectivity index (χ3v) is 7.36. The van der Waals surface area contributed by atoms with Gasteiger partial charge in [0.05, 0.1) is 23.2 Å². The number of carbonyl (C=O) groups excluding carboxylic acids is 1. The number of piperazine rings is 1. The molecular formula is C27H30N4O2S. The summed E-state index contributed by atoms with van der Waals surface area (Å²) < 4.78 is 6.78. The monoisotopic (exact) mass is 474 g/mol. The van der Waals surface area contributed by atoms with E-state index >= 15 is 0 Å². The molecular weight excluding hydrogens is 444 g/mol. The number of thiazole rings is 1. The molecule has 1 aliphatic rings. The van der Waals surface area contributed by atoms with E-state index in [2.05, 4.69) is 39.4 Å². The second kappa shape index (κ2) is 10.4. The molecule has 7 heteroatoms. The highest BCUT2D eigenvalue weighted by atomic mass is 32.1. The van der Waals surface area contributed by atoms with Gasteiger partial charge in [-0.3, -0.25) is 9.69 Å². The van der Waals surface area contributed by atoms with Gasteiger partial charge in [-0.25, -0.2) is 4.98 Å². The van der Waals surface area contributed by atoms with Gasteiger partial charge in [-0.1, -0.05) is 53.8 Å². The van der Waals surface area contributed by atoms with Crippen LogP contribution >= 0.6 is 11.3 Å². The molecule has 1 aromatic heterocycles. The topological polar surface area (TPSA) is 57.7 Å². The van der Waals surface area contributed by atoms with E-state index in [0.717, 1.165) is 64.8 Å². The van der Waals surface area contributed by atoms with Crippen molar-refractivity contribution < 1.29 is 9.53 Å². The summed E-state index contributed by atoms with van der Waals surface area (Å²) in [7, 11) is 0. The van der Waals surface area contributed by atoms with Crippen molar-refractivity contribution in [1.82, 2.24) is 15.2 Å². The number of rotatable bonds is 8. The SMILES string of the molecule is CCOc1ccc2nc(N3CCN(CCNC(=O)Cc4cccc5ccccc45)CC3)sc2c1. The lowest BCUT2D eigenvalue weighted by atomic mass is 10.0. The number of carbonyl (C=O) groups is 1. The fourth-order valence-corrected chi connectivity index (χ4v) is 5.53. The maximum Gasteiger partial charge on any atom is 0.224 e. The minimum absolute atomic E-state index is 0.0795. The zero-order valence-corrected chi connectivity index (χ0v) is 20.3. The molecule has 34 heavy (non-hydrogen) atoms. The van der Waals surface area contributed by atoms with Crippen LogP contribution < -0.4 is 15.0 Å². The molecule has 176 valence electrons. The molecule has 1 N–H and O–H groups in total. The highest BCUT2D eigenvalue weighted by Crippen LogP contribution is 2.32. The average Bonchev–Trinajstić information content (AvgIpc) is 3.28. The smallest absolute Gasteiger partial charge is 0.224 e. The lowest BCUT2D eigenvalue weighted by Gasteiger charge is -2.34. The van der Waals surface area contributed by atoms with Crippen molar-refractivity contribution in [1.29, 1.82) is 0 Å². The number of amides is 1. The molecule has 0 aliphatic carbocycles. The molecule has 0 saturated carbocycles. The minimum Gasteiger partial charge on any atom is -0.494 e. The van der Waals surface area contributed by atoms with Gasteiger partial charge in [-0.15, -0.1) is 0 Å². The van der Waals surface area contributed by atoms with Crippen molar-refractivity contribution in [2.75, 3.05) is 50.8 Å². The van der Waals surface area contributed by atoms with Gasteiger partial charge in [0.1, 0.15) is 5.75 Å². The first-order valence-corrected chi connectivity index (χ1v) is 12.8. The summed E-state index contributed by atoms with van der Waals surface area (Å²) in [6, 6.07) is 20.5. The predicted octanol–water partition coefficient (Wildman–Crippen LogP) is 4.33. The largest absolute Gasteiger partial charge is 0.494 e. The number of benzene rings is 3. The maximum atomic E-state index is 12.5. The normalized spacial score (nSPS) is 14.6. The Morgan fingerprint density at radius 3 is 2.74 bits per heavy atom. The average molecular weight is 475 g/mol. The molecule has 1 amide bonds. The van der Waals surface area contributed by atoms with Gasteiger partial charge in [-0.05, 0) is 41.5 Å². The Morgan fingerprint density at radius 2 is 1.88 bits per heavy atom. The highest BCUT2D eigenvalue weighted by Gasteiger charge is 2.20. The first kappa shape index (κ1) is 22.6. The third-order valence-electron chi connectivity index (χ3n) is 6.28. The molecule has 5 rings (SSSR count). The summed E-state index contributed by atoms with van der Waals surface area (Å²) in [5.74, 6) is 0.980. The van der Waals surface area contributed by atoms with E-state index in [1.807, 2.05) is 43.3 Å². The minimum atomic E-state index is 0.0795. The Kier molecular flexibility index (Phi) is 6.92. The van der Waals surface area contributed by atoms with Crippen LogP contribution in [0.15, 0.2) is 60.7 Å². The number of nitrogens with one attached hydrogen (secondary N) is 1. The van der Waals surface area contributed by atoms with Gasteiger partial charge in [0, 0.05) is 39.3 Å². The maximum absolute atomic E-state index is 12.5. The van der Waals surface area contributed by atoms with Crippen molar-refractivity contribution >= 4 is 43.4 Å². The summed E-state index contributed by atoms with van der Waals surface area (Å²) in [4.78, 5) is 22.1. The van der Waals surface area contributed by atoms with E-state index in [9.17, 15) is 4.79 Å². The van der Waals surface area contributed by atoms with E-state index in [4.69, 9.17) is 9.72 Å². The molecule has 0 atom stereocenters. The van der Waals surface area contributed by atoms with E-state index in [0.29, 0.717) is 19.6 Å². The Balaban J connectivity index is 1.09. The van der Waals surface area contributed by atoms with Crippen molar-refractivity contribution in [2.45, 2.75) is 13.3 Å². The second-order valence-electron chi connectivity index (χ2n) is 8.55. The van der Waals surface area contributed by atoms with Crippen LogP contribution in [0.1, 0.15) is 12.5 Å². The Labute approximate surface area is 204 Å². The highest BCUT2D eigenvalue weighted by molar-refractivity contribution is 7.22. The summed E-state index contributed by atoms with van der Waals surface area (Å²) in [5.41, 5.74) is 2.10. The standard InChI is InChI=1S/C27H30N4O2S/c1-2-33-22-10-11-24-25(19-22)34-27(29-24)31-16-14-30(15-17-31)13-12-28-26(32)18-21-8-5-7-20-6-3-4-9-23(20)21/h3-11,19H,2,12-18H2,1H3,(H,28,32). The van der Waals surface area contributed by atoms with Gasteiger partial charge in [0.15, 0.2) is 5.13 Å². The first-order chi connectivity index (χ1) is 16.7. The fourth-order valence-electron chi connectivity index (χ4n) is 4.48. The number of nitrogens with zero attached hydrogens (tertiary/aromatic N) is 3. The van der Waals surface area contributed by atoms with Crippen LogP contribution in [0.2, 0.25) is 0 Å². The number of anilines is 1. The van der Waals surface area contributed by atoms with Gasteiger partial charge in [-0.2, -0.15) is 0 Å². The van der Waals surface area contributed by atoms with Gasteiger partial charge < -0.3 is 15.0 Å². The van der Waals surface area contributed by atoms with Crippen molar-refractivity contribution in [3.63, 3.8) is 0 Å². The Morgan fingerprint density at radius 1 is 1.06 bits per heavy atom. The first-order valence-electron chi connectivity index (χ1n) is 11.9. The van der Waals surface area contributed by atoms with E-state index in [1.54, 1.807) is 11.3 Å². The molecule has 4 aromatic rings. The Hall–Kier alpha value is -3.16. The molecule has 1 saturated heterocycles. The lowest BCUT2D eigenvalue weighted by molar-refractivity contribution is -0.120. The van der Waals surface area contributed by atoms with Crippen LogP contribution in [0.25, 0.3) is 21.0 Å². The van der Waals surface area contributed by atoms with E-state index < -0.39 is 0 Å². The number of hydrogen-bond donors (Lipinski definition) is 1. The molecule has 0 bridgehead atoms. The van der Waals surface area contributed by atoms with Gasteiger partial charge in [0.2, 0.25) is 5.91 Å². The lowest BCUT2D eigenvalue weighted by Crippen LogP contribution is -2.48. The fraction of sp³-hybridized carbons (Fsp3) is 0.333. The Bertz CT molecular complexity index is 1270. The molecule has 1 fully saturated rings. The van der Waals surface area contributed by atoms with Gasteiger partial charge in [0.25, 0.3) is 0 Å². The molecule has 0 unspecified atom stereocenters. The summed E-state index contributed by atoms with van der Waals surface area (Å²) >= 11 is 1.73. The number of aromatic nitrogens is 1. The number of hydrogen-bond acceptors (Lipinski definition) is 6. The zero-order valence-electron chi connectivity index (χ0n) is 19.5. The zero-order chi connectivity index (χ0) is 23.3. The summed E-state index contributed by atoms with van der Waals surface area (Å²) in [6.45, 7) is 8.04. The summed E-state index contributed by atoms with van der Waals surface area (Å²) in [5, 5.41) is 6.51. The number of ether oxygens (including phenoxy) is 1. The van der Waals surface area contributed by atoms with Gasteiger partial charge >= 0.3 is 0 Å². The molecule has 6 nitrogen and oxygen atoms in total.